The molecule has 92 valence electrons. The van der Waals surface area contributed by atoms with Crippen LogP contribution in [0.2, 0.25) is 0 Å². The Labute approximate surface area is 108 Å². The first-order valence-electron chi connectivity index (χ1n) is 5.29. The van der Waals surface area contributed by atoms with Crippen molar-refractivity contribution in [2.24, 2.45) is 0 Å². The van der Waals surface area contributed by atoms with Crippen LogP contribution in [0.3, 0.4) is 0 Å². The normalized spacial score (nSPS) is 10.0. The molecule has 17 heavy (non-hydrogen) atoms. The second-order valence-corrected chi connectivity index (χ2v) is 4.10. The molecule has 1 aromatic carbocycles. The third-order valence-corrected chi connectivity index (χ3v) is 2.78. The van der Waals surface area contributed by atoms with Gasteiger partial charge in [0.1, 0.15) is 12.7 Å². The summed E-state index contributed by atoms with van der Waals surface area (Å²) in [5.41, 5.74) is 0.247. The maximum absolute atomic E-state index is 13.7. The largest absolute Gasteiger partial charge is 0.488 e. The van der Waals surface area contributed by atoms with Crippen molar-refractivity contribution in [2.45, 2.75) is 13.3 Å². The molecular weight excluding hydrogens is 289 g/mol. The van der Waals surface area contributed by atoms with E-state index in [0.717, 1.165) is 6.42 Å². The van der Waals surface area contributed by atoms with E-state index in [1.165, 1.54) is 12.1 Å². The van der Waals surface area contributed by atoms with E-state index in [0.29, 0.717) is 13.2 Å². The first-order valence-corrected chi connectivity index (χ1v) is 6.08. The van der Waals surface area contributed by atoms with Gasteiger partial charge in [-0.3, -0.25) is 0 Å². The number of hydrogen-bond acceptors (Lipinski definition) is 3. The third kappa shape index (κ3) is 3.99. The van der Waals surface area contributed by atoms with Gasteiger partial charge in [-0.05, 0) is 34.5 Å². The lowest BCUT2D eigenvalue weighted by Crippen LogP contribution is -2.08. The summed E-state index contributed by atoms with van der Waals surface area (Å²) < 4.78 is 24.2. The summed E-state index contributed by atoms with van der Waals surface area (Å²) in [6, 6.07) is 4.83. The number of halogens is 2. The molecule has 0 saturated heterocycles. The zero-order valence-corrected chi connectivity index (χ0v) is 11.1. The summed E-state index contributed by atoms with van der Waals surface area (Å²) in [5, 5.41) is 8.70. The van der Waals surface area contributed by atoms with Crippen LogP contribution in [-0.2, 0) is 4.74 Å². The minimum Gasteiger partial charge on any atom is -0.488 e. The molecule has 0 aliphatic carbocycles. The van der Waals surface area contributed by atoms with Crippen LogP contribution in [0.15, 0.2) is 16.6 Å². The van der Waals surface area contributed by atoms with Gasteiger partial charge in [0, 0.05) is 6.61 Å². The molecule has 0 aliphatic heterocycles. The molecule has 1 rings (SSSR count). The predicted molar refractivity (Wildman–Crippen MR) is 65.4 cm³/mol. The Bertz CT molecular complexity index is 418. The SMILES string of the molecule is CCCOCCOc1ccc(C#N)c(Br)c1F. The molecule has 0 aliphatic rings. The Hall–Kier alpha value is -1.12. The lowest BCUT2D eigenvalue weighted by Gasteiger charge is -2.09. The molecule has 1 aromatic rings. The average molecular weight is 302 g/mol. The standard InChI is InChI=1S/C12H13BrFNO2/c1-2-5-16-6-7-17-10-4-3-9(8-15)11(13)12(10)14/h3-4H,2,5-7H2,1H3. The maximum atomic E-state index is 13.7. The van der Waals surface area contributed by atoms with E-state index in [1.807, 2.05) is 13.0 Å². The topological polar surface area (TPSA) is 42.2 Å². The van der Waals surface area contributed by atoms with Gasteiger partial charge in [-0.2, -0.15) is 5.26 Å². The molecule has 5 heteroatoms. The highest BCUT2D eigenvalue weighted by molar-refractivity contribution is 9.10. The van der Waals surface area contributed by atoms with Crippen molar-refractivity contribution in [1.82, 2.24) is 0 Å². The van der Waals surface area contributed by atoms with Gasteiger partial charge in [0.25, 0.3) is 0 Å². The van der Waals surface area contributed by atoms with E-state index in [4.69, 9.17) is 14.7 Å². The molecule has 0 bridgehead atoms. The second kappa shape index (κ2) is 7.25. The van der Waals surface area contributed by atoms with E-state index in [1.54, 1.807) is 0 Å². The summed E-state index contributed by atoms with van der Waals surface area (Å²) in [4.78, 5) is 0. The van der Waals surface area contributed by atoms with Crippen molar-refractivity contribution in [3.63, 3.8) is 0 Å². The van der Waals surface area contributed by atoms with Crippen LogP contribution in [0, 0.1) is 17.1 Å². The number of benzene rings is 1. The third-order valence-electron chi connectivity index (χ3n) is 2.00. The lowest BCUT2D eigenvalue weighted by molar-refractivity contribution is 0.0991. The fourth-order valence-corrected chi connectivity index (χ4v) is 1.60. The van der Waals surface area contributed by atoms with Crippen molar-refractivity contribution < 1.29 is 13.9 Å². The summed E-state index contributed by atoms with van der Waals surface area (Å²) in [5.74, 6) is -0.435. The van der Waals surface area contributed by atoms with Crippen LogP contribution in [0.1, 0.15) is 18.9 Å². The Kier molecular flexibility index (Phi) is 5.95. The zero-order valence-electron chi connectivity index (χ0n) is 9.50. The molecule has 0 amide bonds. The molecule has 3 nitrogen and oxygen atoms in total. The molecule has 0 heterocycles. The Morgan fingerprint density at radius 3 is 2.76 bits per heavy atom. The van der Waals surface area contributed by atoms with E-state index in [-0.39, 0.29) is 22.4 Å². The second-order valence-electron chi connectivity index (χ2n) is 3.31. The number of nitriles is 1. The first kappa shape index (κ1) is 13.9. The van der Waals surface area contributed by atoms with Crippen molar-refractivity contribution >= 4 is 15.9 Å². The Morgan fingerprint density at radius 2 is 2.12 bits per heavy atom. The monoisotopic (exact) mass is 301 g/mol. The van der Waals surface area contributed by atoms with Gasteiger partial charge in [0.05, 0.1) is 16.6 Å². The smallest absolute Gasteiger partial charge is 0.180 e. The molecular formula is C12H13BrFNO2. The quantitative estimate of drug-likeness (QED) is 0.757. The summed E-state index contributed by atoms with van der Waals surface area (Å²) in [7, 11) is 0. The maximum Gasteiger partial charge on any atom is 0.180 e. The minimum atomic E-state index is -0.556. The van der Waals surface area contributed by atoms with Gasteiger partial charge in [0.2, 0.25) is 0 Å². The van der Waals surface area contributed by atoms with Crippen LogP contribution in [0.4, 0.5) is 4.39 Å². The number of rotatable bonds is 6. The summed E-state index contributed by atoms with van der Waals surface area (Å²) in [6.45, 7) is 3.39. The average Bonchev–Trinajstić information content (AvgIpc) is 2.34. The highest BCUT2D eigenvalue weighted by Gasteiger charge is 2.11. The molecule has 0 fully saturated rings. The summed E-state index contributed by atoms with van der Waals surface area (Å²) >= 11 is 3.02. The van der Waals surface area contributed by atoms with Crippen molar-refractivity contribution in [3.8, 4) is 11.8 Å². The van der Waals surface area contributed by atoms with Crippen LogP contribution in [0.25, 0.3) is 0 Å². The fourth-order valence-electron chi connectivity index (χ4n) is 1.19. The number of nitrogens with zero attached hydrogens (tertiary/aromatic N) is 1. The van der Waals surface area contributed by atoms with Crippen molar-refractivity contribution in [2.75, 3.05) is 19.8 Å². The van der Waals surface area contributed by atoms with E-state index in [9.17, 15) is 4.39 Å². The highest BCUT2D eigenvalue weighted by Crippen LogP contribution is 2.28. The minimum absolute atomic E-state index is 0.121. The lowest BCUT2D eigenvalue weighted by atomic mass is 10.2. The molecule has 0 N–H and O–H groups in total. The van der Waals surface area contributed by atoms with Gasteiger partial charge in [-0.15, -0.1) is 0 Å². The zero-order chi connectivity index (χ0) is 12.7. The van der Waals surface area contributed by atoms with E-state index in [2.05, 4.69) is 15.9 Å². The van der Waals surface area contributed by atoms with Crippen LogP contribution < -0.4 is 4.74 Å². The Morgan fingerprint density at radius 1 is 1.35 bits per heavy atom. The van der Waals surface area contributed by atoms with Gasteiger partial charge in [-0.25, -0.2) is 4.39 Å². The predicted octanol–water partition coefficient (Wildman–Crippen LogP) is 3.27. The van der Waals surface area contributed by atoms with Gasteiger partial charge in [0.15, 0.2) is 11.6 Å². The van der Waals surface area contributed by atoms with Crippen LogP contribution in [-0.4, -0.2) is 19.8 Å². The van der Waals surface area contributed by atoms with Crippen LogP contribution >= 0.6 is 15.9 Å². The molecule has 0 radical (unpaired) electrons. The van der Waals surface area contributed by atoms with Crippen molar-refractivity contribution in [1.29, 1.82) is 5.26 Å². The van der Waals surface area contributed by atoms with Gasteiger partial charge >= 0.3 is 0 Å². The van der Waals surface area contributed by atoms with E-state index >= 15 is 0 Å². The van der Waals surface area contributed by atoms with Gasteiger partial charge in [-0.1, -0.05) is 6.92 Å². The first-order chi connectivity index (χ1) is 8.20. The number of ether oxygens (including phenoxy) is 2. The van der Waals surface area contributed by atoms with Crippen LogP contribution in [0.5, 0.6) is 5.75 Å². The molecule has 0 aromatic heterocycles. The highest BCUT2D eigenvalue weighted by atomic mass is 79.9. The fraction of sp³-hybridized carbons (Fsp3) is 0.417. The summed E-state index contributed by atoms with van der Waals surface area (Å²) in [6.07, 6.45) is 0.941. The molecule has 0 spiro atoms. The number of hydrogen-bond donors (Lipinski definition) is 0. The van der Waals surface area contributed by atoms with Gasteiger partial charge < -0.3 is 9.47 Å². The molecule has 0 saturated carbocycles. The van der Waals surface area contributed by atoms with Crippen molar-refractivity contribution in [3.05, 3.63) is 28.0 Å². The Balaban J connectivity index is 2.55. The van der Waals surface area contributed by atoms with E-state index < -0.39 is 5.82 Å². The molecule has 0 atom stereocenters. The molecule has 0 unspecified atom stereocenters.